The van der Waals surface area contributed by atoms with Crippen molar-refractivity contribution in [1.82, 2.24) is 14.7 Å². The number of anilines is 1. The minimum atomic E-state index is -1.04. The quantitative estimate of drug-likeness (QED) is 0.711. The fraction of sp³-hybridized carbons (Fsp3) is 0.273. The molecule has 0 aliphatic carbocycles. The van der Waals surface area contributed by atoms with E-state index in [0.717, 1.165) is 0 Å². The highest BCUT2D eigenvalue weighted by Gasteiger charge is 2.17. The molecule has 0 bridgehead atoms. The van der Waals surface area contributed by atoms with E-state index in [4.69, 9.17) is 10.8 Å². The van der Waals surface area contributed by atoms with Crippen LogP contribution in [0.3, 0.4) is 0 Å². The summed E-state index contributed by atoms with van der Waals surface area (Å²) in [5, 5.41) is 12.1. The third-order valence-electron chi connectivity index (χ3n) is 2.56. The molecule has 0 saturated heterocycles. The van der Waals surface area contributed by atoms with Crippen molar-refractivity contribution in [3.63, 3.8) is 0 Å². The summed E-state index contributed by atoms with van der Waals surface area (Å²) >= 11 is 0. The van der Waals surface area contributed by atoms with Crippen LogP contribution in [0.15, 0.2) is 18.2 Å². The Morgan fingerprint density at radius 2 is 2.35 bits per heavy atom. The van der Waals surface area contributed by atoms with Crippen molar-refractivity contribution < 1.29 is 9.90 Å². The minimum Gasteiger partial charge on any atom is -0.476 e. The average molecular weight is 234 g/mol. The molecule has 90 valence electrons. The molecule has 0 amide bonds. The number of rotatable bonds is 4. The number of carboxylic acids is 1. The van der Waals surface area contributed by atoms with Gasteiger partial charge in [0.1, 0.15) is 11.6 Å². The predicted octanol–water partition coefficient (Wildman–Crippen LogP) is 0.377. The van der Waals surface area contributed by atoms with Gasteiger partial charge in [-0.05, 0) is 19.2 Å². The van der Waals surface area contributed by atoms with E-state index >= 15 is 0 Å². The third kappa shape index (κ3) is 1.94. The lowest BCUT2D eigenvalue weighted by Crippen LogP contribution is -2.13. The van der Waals surface area contributed by atoms with Crippen LogP contribution < -0.4 is 11.1 Å². The fourth-order valence-electron chi connectivity index (χ4n) is 1.80. The van der Waals surface area contributed by atoms with Crippen molar-refractivity contribution in [2.24, 2.45) is 0 Å². The standard InChI is InChI=1S/C11H14N4O2/c1-13-6-5-9-14-10(11(16)17)7-3-2-4-8(12)15(7)9/h2-4,13H,5-6,12H2,1H3,(H,16,17). The summed E-state index contributed by atoms with van der Waals surface area (Å²) in [4.78, 5) is 15.2. The molecule has 17 heavy (non-hydrogen) atoms. The average Bonchev–Trinajstić information content (AvgIpc) is 2.67. The number of fused-ring (bicyclic) bond motifs is 1. The van der Waals surface area contributed by atoms with E-state index in [0.29, 0.717) is 30.1 Å². The molecule has 0 aromatic carbocycles. The molecule has 6 nitrogen and oxygen atoms in total. The van der Waals surface area contributed by atoms with Crippen molar-refractivity contribution >= 4 is 17.3 Å². The molecule has 2 heterocycles. The minimum absolute atomic E-state index is 0.0448. The number of imidazole rings is 1. The number of aromatic carboxylic acids is 1. The van der Waals surface area contributed by atoms with Gasteiger partial charge in [-0.3, -0.25) is 4.40 Å². The monoisotopic (exact) mass is 234 g/mol. The maximum Gasteiger partial charge on any atom is 0.356 e. The van der Waals surface area contributed by atoms with Crippen molar-refractivity contribution in [1.29, 1.82) is 0 Å². The van der Waals surface area contributed by atoms with E-state index < -0.39 is 5.97 Å². The lowest BCUT2D eigenvalue weighted by molar-refractivity contribution is 0.0693. The maximum atomic E-state index is 11.1. The van der Waals surface area contributed by atoms with Crippen molar-refractivity contribution in [2.45, 2.75) is 6.42 Å². The first-order valence-electron chi connectivity index (χ1n) is 5.29. The number of carboxylic acid groups (broad SMARTS) is 1. The van der Waals surface area contributed by atoms with Crippen LogP contribution in [0.5, 0.6) is 0 Å². The summed E-state index contributed by atoms with van der Waals surface area (Å²) in [6.07, 6.45) is 0.624. The molecule has 6 heteroatoms. The Morgan fingerprint density at radius 3 is 3.00 bits per heavy atom. The van der Waals surface area contributed by atoms with E-state index in [1.807, 2.05) is 7.05 Å². The van der Waals surface area contributed by atoms with E-state index in [-0.39, 0.29) is 5.69 Å². The van der Waals surface area contributed by atoms with Crippen LogP contribution in [0.1, 0.15) is 16.3 Å². The topological polar surface area (TPSA) is 92.6 Å². The molecule has 0 aliphatic heterocycles. The highest BCUT2D eigenvalue weighted by Crippen LogP contribution is 2.17. The van der Waals surface area contributed by atoms with E-state index in [9.17, 15) is 4.79 Å². The first-order chi connectivity index (χ1) is 8.15. The highest BCUT2D eigenvalue weighted by atomic mass is 16.4. The van der Waals surface area contributed by atoms with E-state index in [2.05, 4.69) is 10.3 Å². The Bertz CT molecular complexity index is 562. The lowest BCUT2D eigenvalue weighted by Gasteiger charge is -2.03. The molecule has 0 saturated carbocycles. The van der Waals surface area contributed by atoms with Gasteiger partial charge in [-0.1, -0.05) is 6.07 Å². The van der Waals surface area contributed by atoms with E-state index in [1.54, 1.807) is 22.6 Å². The largest absolute Gasteiger partial charge is 0.476 e. The summed E-state index contributed by atoms with van der Waals surface area (Å²) in [6.45, 7) is 0.715. The number of nitrogens with zero attached hydrogens (tertiary/aromatic N) is 2. The van der Waals surface area contributed by atoms with Crippen molar-refractivity contribution in [2.75, 3.05) is 19.3 Å². The summed E-state index contributed by atoms with van der Waals surface area (Å²) in [5.74, 6) is 0.113. The smallest absolute Gasteiger partial charge is 0.356 e. The lowest BCUT2D eigenvalue weighted by atomic mass is 10.3. The second kappa shape index (κ2) is 4.42. The normalized spacial score (nSPS) is 10.9. The Kier molecular flexibility index (Phi) is 2.97. The van der Waals surface area contributed by atoms with Crippen LogP contribution in [-0.4, -0.2) is 34.1 Å². The van der Waals surface area contributed by atoms with Gasteiger partial charge >= 0.3 is 5.97 Å². The second-order valence-electron chi connectivity index (χ2n) is 3.71. The van der Waals surface area contributed by atoms with Crippen LogP contribution >= 0.6 is 0 Å². The molecule has 2 aromatic rings. The number of hydrogen-bond donors (Lipinski definition) is 3. The number of nitrogen functional groups attached to an aromatic ring is 1. The summed E-state index contributed by atoms with van der Waals surface area (Å²) < 4.78 is 1.68. The van der Waals surface area contributed by atoms with Gasteiger partial charge in [0.05, 0.1) is 5.52 Å². The third-order valence-corrected chi connectivity index (χ3v) is 2.56. The van der Waals surface area contributed by atoms with E-state index in [1.165, 1.54) is 0 Å². The number of carbonyl (C=O) groups is 1. The van der Waals surface area contributed by atoms with Crippen molar-refractivity contribution in [3.8, 4) is 0 Å². The van der Waals surface area contributed by atoms with Gasteiger partial charge in [0.15, 0.2) is 5.69 Å². The molecule has 0 atom stereocenters. The molecular weight excluding hydrogens is 220 g/mol. The first-order valence-corrected chi connectivity index (χ1v) is 5.29. The molecular formula is C11H14N4O2. The van der Waals surface area contributed by atoms with Crippen LogP contribution in [0.25, 0.3) is 5.52 Å². The zero-order valence-corrected chi connectivity index (χ0v) is 9.47. The molecule has 0 unspecified atom stereocenters. The zero-order chi connectivity index (χ0) is 12.4. The maximum absolute atomic E-state index is 11.1. The molecule has 0 fully saturated rings. The van der Waals surface area contributed by atoms with Gasteiger partial charge in [0.2, 0.25) is 0 Å². The number of pyridine rings is 1. The predicted molar refractivity (Wildman–Crippen MR) is 64.2 cm³/mol. The zero-order valence-electron chi connectivity index (χ0n) is 9.47. The highest BCUT2D eigenvalue weighted by molar-refractivity contribution is 5.94. The second-order valence-corrected chi connectivity index (χ2v) is 3.71. The van der Waals surface area contributed by atoms with Gasteiger partial charge in [0.25, 0.3) is 0 Å². The molecule has 0 aliphatic rings. The summed E-state index contributed by atoms with van der Waals surface area (Å²) in [7, 11) is 1.83. The van der Waals surface area contributed by atoms with Crippen LogP contribution in [0.4, 0.5) is 5.82 Å². The number of aromatic nitrogens is 2. The fourth-order valence-corrected chi connectivity index (χ4v) is 1.80. The Hall–Kier alpha value is -2.08. The SMILES string of the molecule is CNCCc1nc(C(=O)O)c2cccc(N)n12. The van der Waals surface area contributed by atoms with Crippen LogP contribution in [0, 0.1) is 0 Å². The molecule has 0 spiro atoms. The molecule has 2 aromatic heterocycles. The van der Waals surface area contributed by atoms with Gasteiger partial charge in [-0.25, -0.2) is 9.78 Å². The van der Waals surface area contributed by atoms with Gasteiger partial charge < -0.3 is 16.2 Å². The van der Waals surface area contributed by atoms with Crippen LogP contribution in [0.2, 0.25) is 0 Å². The first kappa shape index (κ1) is 11.4. The number of nitrogens with two attached hydrogens (primary N) is 1. The summed E-state index contributed by atoms with van der Waals surface area (Å²) in [5.41, 5.74) is 6.43. The van der Waals surface area contributed by atoms with Crippen LogP contribution in [-0.2, 0) is 6.42 Å². The van der Waals surface area contributed by atoms with Gasteiger partial charge in [-0.15, -0.1) is 0 Å². The Morgan fingerprint density at radius 1 is 1.59 bits per heavy atom. The number of likely N-dealkylation sites (N-methyl/N-ethyl adjacent to an activating group) is 1. The molecule has 4 N–H and O–H groups in total. The van der Waals surface area contributed by atoms with Crippen molar-refractivity contribution in [3.05, 3.63) is 29.7 Å². The Labute approximate surface area is 98.1 Å². The van der Waals surface area contributed by atoms with Gasteiger partial charge in [-0.2, -0.15) is 0 Å². The Balaban J connectivity index is 2.63. The molecule has 2 rings (SSSR count). The number of nitrogens with one attached hydrogen (secondary N) is 1. The summed E-state index contributed by atoms with van der Waals surface area (Å²) in [6, 6.07) is 5.15. The van der Waals surface area contributed by atoms with Gasteiger partial charge in [0, 0.05) is 13.0 Å². The molecule has 0 radical (unpaired) electrons. The number of hydrogen-bond acceptors (Lipinski definition) is 4.